The second kappa shape index (κ2) is 9.42. The molecule has 0 saturated carbocycles. The fourth-order valence-corrected chi connectivity index (χ4v) is 5.88. The van der Waals surface area contributed by atoms with Gasteiger partial charge in [-0.15, -0.1) is 23.5 Å². The number of hydrogen-bond acceptors (Lipinski definition) is 5. The molecule has 4 nitrogen and oxygen atoms in total. The molecule has 3 rings (SSSR count). The largest absolute Gasteiger partial charge is 0.484 e. The standard InChI is InChI=1S/C21H26N2O2S2/c1-15-13-17(7-10-19(15)23(2)3)22-20(24)14-25-18-8-5-16(6-9-18)21-26-11-4-12-27-21/h5-10,13,21H,4,11-12,14H2,1-3H3,(H,22,24). The van der Waals surface area contributed by atoms with Gasteiger partial charge in [0.15, 0.2) is 6.61 Å². The molecule has 1 aliphatic rings. The number of aryl methyl sites for hydroxylation is 1. The first-order valence-electron chi connectivity index (χ1n) is 9.07. The molecule has 1 aliphatic heterocycles. The maximum Gasteiger partial charge on any atom is 0.262 e. The molecule has 6 heteroatoms. The fourth-order valence-electron chi connectivity index (χ4n) is 2.98. The summed E-state index contributed by atoms with van der Waals surface area (Å²) in [6, 6.07) is 14.0. The number of anilines is 2. The third-order valence-electron chi connectivity index (χ3n) is 4.31. The highest BCUT2D eigenvalue weighted by Crippen LogP contribution is 2.43. The molecule has 0 spiro atoms. The molecule has 1 saturated heterocycles. The van der Waals surface area contributed by atoms with Gasteiger partial charge in [0.25, 0.3) is 5.91 Å². The van der Waals surface area contributed by atoms with Crippen molar-refractivity contribution >= 4 is 40.8 Å². The van der Waals surface area contributed by atoms with Crippen LogP contribution >= 0.6 is 23.5 Å². The maximum absolute atomic E-state index is 12.2. The molecule has 27 heavy (non-hydrogen) atoms. The molecule has 1 heterocycles. The molecule has 1 fully saturated rings. The number of amides is 1. The number of nitrogens with one attached hydrogen (secondary N) is 1. The molecule has 0 unspecified atom stereocenters. The molecule has 0 aromatic heterocycles. The van der Waals surface area contributed by atoms with Crippen LogP contribution in [0.5, 0.6) is 5.75 Å². The molecule has 0 bridgehead atoms. The number of hydrogen-bond donors (Lipinski definition) is 1. The van der Waals surface area contributed by atoms with E-state index < -0.39 is 0 Å². The van der Waals surface area contributed by atoms with Crippen LogP contribution in [0.25, 0.3) is 0 Å². The van der Waals surface area contributed by atoms with Crippen LogP contribution < -0.4 is 15.0 Å². The lowest BCUT2D eigenvalue weighted by Gasteiger charge is -2.21. The van der Waals surface area contributed by atoms with Crippen molar-refractivity contribution in [1.82, 2.24) is 0 Å². The summed E-state index contributed by atoms with van der Waals surface area (Å²) >= 11 is 4.00. The van der Waals surface area contributed by atoms with Crippen LogP contribution in [0.1, 0.15) is 22.1 Å². The zero-order valence-corrected chi connectivity index (χ0v) is 17.7. The molecule has 1 amide bonds. The highest BCUT2D eigenvalue weighted by molar-refractivity contribution is 8.16. The van der Waals surface area contributed by atoms with Crippen LogP contribution in [-0.4, -0.2) is 38.1 Å². The van der Waals surface area contributed by atoms with Gasteiger partial charge >= 0.3 is 0 Å². The Morgan fingerprint density at radius 3 is 2.48 bits per heavy atom. The quantitative estimate of drug-likeness (QED) is 0.741. The fraction of sp³-hybridized carbons (Fsp3) is 0.381. The van der Waals surface area contributed by atoms with Crippen molar-refractivity contribution in [3.05, 3.63) is 53.6 Å². The van der Waals surface area contributed by atoms with Gasteiger partial charge < -0.3 is 15.0 Å². The first-order chi connectivity index (χ1) is 13.0. The number of benzene rings is 2. The summed E-state index contributed by atoms with van der Waals surface area (Å²) in [6.07, 6.45) is 1.29. The Kier molecular flexibility index (Phi) is 6.96. The second-order valence-corrected chi connectivity index (χ2v) is 9.45. The number of nitrogens with zero attached hydrogens (tertiary/aromatic N) is 1. The number of ether oxygens (including phenoxy) is 1. The van der Waals surface area contributed by atoms with E-state index in [4.69, 9.17) is 4.74 Å². The van der Waals surface area contributed by atoms with Crippen molar-refractivity contribution in [2.45, 2.75) is 17.9 Å². The first kappa shape index (κ1) is 20.0. The highest BCUT2D eigenvalue weighted by Gasteiger charge is 2.16. The van der Waals surface area contributed by atoms with Gasteiger partial charge in [-0.2, -0.15) is 0 Å². The van der Waals surface area contributed by atoms with Crippen LogP contribution in [0, 0.1) is 6.92 Å². The predicted molar refractivity (Wildman–Crippen MR) is 118 cm³/mol. The van der Waals surface area contributed by atoms with Gasteiger partial charge in [-0.1, -0.05) is 12.1 Å². The van der Waals surface area contributed by atoms with E-state index in [1.54, 1.807) is 0 Å². The van der Waals surface area contributed by atoms with Crippen molar-refractivity contribution in [3.63, 3.8) is 0 Å². The lowest BCUT2D eigenvalue weighted by molar-refractivity contribution is -0.118. The lowest BCUT2D eigenvalue weighted by Crippen LogP contribution is -2.20. The SMILES string of the molecule is Cc1cc(NC(=O)COc2ccc(C3SCCCS3)cc2)ccc1N(C)C. The van der Waals surface area contributed by atoms with Crippen molar-refractivity contribution < 1.29 is 9.53 Å². The topological polar surface area (TPSA) is 41.6 Å². The van der Waals surface area contributed by atoms with Crippen molar-refractivity contribution in [1.29, 1.82) is 0 Å². The third kappa shape index (κ3) is 5.59. The van der Waals surface area contributed by atoms with Gasteiger partial charge in [-0.05, 0) is 66.3 Å². The van der Waals surface area contributed by atoms with E-state index in [1.165, 1.54) is 23.5 Å². The zero-order chi connectivity index (χ0) is 19.2. The molecule has 144 valence electrons. The second-order valence-electron chi connectivity index (χ2n) is 6.73. The van der Waals surface area contributed by atoms with Crippen LogP contribution in [0.4, 0.5) is 11.4 Å². The van der Waals surface area contributed by atoms with E-state index in [-0.39, 0.29) is 12.5 Å². The van der Waals surface area contributed by atoms with E-state index in [9.17, 15) is 4.79 Å². The predicted octanol–water partition coefficient (Wildman–Crippen LogP) is 4.95. The summed E-state index contributed by atoms with van der Waals surface area (Å²) in [7, 11) is 4.01. The lowest BCUT2D eigenvalue weighted by atomic mass is 10.1. The minimum absolute atomic E-state index is 0.000749. The number of carbonyl (C=O) groups excluding carboxylic acids is 1. The number of thioether (sulfide) groups is 2. The number of rotatable bonds is 6. The van der Waals surface area contributed by atoms with Crippen molar-refractivity contribution in [3.8, 4) is 5.75 Å². The Labute approximate surface area is 170 Å². The van der Waals surface area contributed by atoms with Gasteiger partial charge in [0.1, 0.15) is 5.75 Å². The van der Waals surface area contributed by atoms with Crippen LogP contribution in [0.2, 0.25) is 0 Å². The molecule has 0 aliphatic carbocycles. The Morgan fingerprint density at radius 1 is 1.15 bits per heavy atom. The average Bonchev–Trinajstić information content (AvgIpc) is 2.67. The summed E-state index contributed by atoms with van der Waals surface area (Å²) in [5.41, 5.74) is 4.36. The Bertz CT molecular complexity index is 772. The molecule has 2 aromatic rings. The van der Waals surface area contributed by atoms with Crippen LogP contribution in [0.3, 0.4) is 0 Å². The molecular formula is C21H26N2O2S2. The minimum atomic E-state index is -0.158. The molecule has 0 radical (unpaired) electrons. The highest BCUT2D eigenvalue weighted by atomic mass is 32.2. The minimum Gasteiger partial charge on any atom is -0.484 e. The molecular weight excluding hydrogens is 376 g/mol. The summed E-state index contributed by atoms with van der Waals surface area (Å²) in [4.78, 5) is 14.2. The summed E-state index contributed by atoms with van der Waals surface area (Å²) in [6.45, 7) is 2.03. The number of carbonyl (C=O) groups is 1. The Balaban J connectivity index is 1.51. The van der Waals surface area contributed by atoms with Crippen LogP contribution in [0.15, 0.2) is 42.5 Å². The normalized spacial score (nSPS) is 14.6. The summed E-state index contributed by atoms with van der Waals surface area (Å²) in [5, 5.41) is 2.89. The van der Waals surface area contributed by atoms with Crippen molar-refractivity contribution in [2.75, 3.05) is 42.4 Å². The van der Waals surface area contributed by atoms with E-state index in [1.807, 2.05) is 74.9 Å². The summed E-state index contributed by atoms with van der Waals surface area (Å²) in [5.74, 6) is 3.02. The first-order valence-corrected chi connectivity index (χ1v) is 11.2. The summed E-state index contributed by atoms with van der Waals surface area (Å²) < 4.78 is 6.16. The Morgan fingerprint density at radius 2 is 1.85 bits per heavy atom. The van der Waals surface area contributed by atoms with E-state index >= 15 is 0 Å². The average molecular weight is 403 g/mol. The van der Waals surface area contributed by atoms with Crippen molar-refractivity contribution in [2.24, 2.45) is 0 Å². The van der Waals surface area contributed by atoms with E-state index in [0.717, 1.165) is 22.7 Å². The van der Waals surface area contributed by atoms with Gasteiger partial charge in [-0.25, -0.2) is 0 Å². The van der Waals surface area contributed by atoms with Crippen LogP contribution in [-0.2, 0) is 4.79 Å². The monoisotopic (exact) mass is 402 g/mol. The van der Waals surface area contributed by atoms with Gasteiger partial charge in [0.2, 0.25) is 0 Å². The van der Waals surface area contributed by atoms with Gasteiger partial charge in [-0.3, -0.25) is 4.79 Å². The maximum atomic E-state index is 12.2. The third-order valence-corrected chi connectivity index (χ3v) is 7.33. The van der Waals surface area contributed by atoms with Gasteiger partial charge in [0, 0.05) is 25.5 Å². The smallest absolute Gasteiger partial charge is 0.262 e. The molecule has 1 N–H and O–H groups in total. The van der Waals surface area contributed by atoms with Gasteiger partial charge in [0.05, 0.1) is 4.58 Å². The zero-order valence-electron chi connectivity index (χ0n) is 16.0. The molecule has 2 aromatic carbocycles. The van der Waals surface area contributed by atoms with E-state index in [2.05, 4.69) is 22.3 Å². The van der Waals surface area contributed by atoms with E-state index in [0.29, 0.717) is 4.58 Å². The Hall–Kier alpha value is -1.79. The molecule has 0 atom stereocenters.